The standard InChI is InChI=1S/C19H27F2NO3S/c1-4-7-10-25-19(24)16(8-5-2)26-17-12-15(13(20)11-14(17)21)22-18(23)9-6-3/h11-12,16H,4-10H2,1-3H3,(H,22,23). The Hall–Kier alpha value is -1.63. The lowest BCUT2D eigenvalue weighted by Gasteiger charge is -2.16. The van der Waals surface area contributed by atoms with Crippen molar-refractivity contribution in [3.63, 3.8) is 0 Å². The number of ether oxygens (including phenoxy) is 1. The molecule has 7 heteroatoms. The first kappa shape index (κ1) is 22.4. The Kier molecular flexibility index (Phi) is 10.2. The topological polar surface area (TPSA) is 55.4 Å². The largest absolute Gasteiger partial charge is 0.465 e. The van der Waals surface area contributed by atoms with Crippen LogP contribution in [-0.2, 0) is 14.3 Å². The Morgan fingerprint density at radius 2 is 1.85 bits per heavy atom. The van der Waals surface area contributed by atoms with E-state index < -0.39 is 22.9 Å². The van der Waals surface area contributed by atoms with Gasteiger partial charge in [0.1, 0.15) is 16.9 Å². The molecule has 1 aromatic rings. The van der Waals surface area contributed by atoms with Gasteiger partial charge in [0.2, 0.25) is 5.91 Å². The summed E-state index contributed by atoms with van der Waals surface area (Å²) in [6, 6.07) is 1.97. The van der Waals surface area contributed by atoms with E-state index in [1.165, 1.54) is 6.07 Å². The monoisotopic (exact) mass is 387 g/mol. The van der Waals surface area contributed by atoms with Crippen LogP contribution in [-0.4, -0.2) is 23.7 Å². The van der Waals surface area contributed by atoms with Gasteiger partial charge < -0.3 is 10.1 Å². The molecule has 0 heterocycles. The molecule has 0 spiro atoms. The number of nitrogens with one attached hydrogen (secondary N) is 1. The summed E-state index contributed by atoms with van der Waals surface area (Å²) in [7, 11) is 0. The maximum atomic E-state index is 14.2. The second kappa shape index (κ2) is 11.9. The summed E-state index contributed by atoms with van der Waals surface area (Å²) in [4.78, 5) is 24.0. The summed E-state index contributed by atoms with van der Waals surface area (Å²) >= 11 is 1.00. The van der Waals surface area contributed by atoms with E-state index in [0.717, 1.165) is 37.1 Å². The minimum atomic E-state index is -0.839. The number of benzene rings is 1. The van der Waals surface area contributed by atoms with Gasteiger partial charge in [-0.25, -0.2) is 8.78 Å². The van der Waals surface area contributed by atoms with Crippen LogP contribution >= 0.6 is 11.8 Å². The van der Waals surface area contributed by atoms with Gasteiger partial charge in [-0.3, -0.25) is 9.59 Å². The normalized spacial score (nSPS) is 11.9. The molecule has 4 nitrogen and oxygen atoms in total. The number of amides is 1. The average molecular weight is 387 g/mol. The molecular weight excluding hydrogens is 360 g/mol. The molecule has 0 aliphatic heterocycles. The third kappa shape index (κ3) is 7.32. The Bertz CT molecular complexity index is 611. The number of rotatable bonds is 11. The maximum absolute atomic E-state index is 14.2. The number of thioether (sulfide) groups is 1. The van der Waals surface area contributed by atoms with Gasteiger partial charge in [0, 0.05) is 17.4 Å². The van der Waals surface area contributed by atoms with Gasteiger partial charge in [0.05, 0.1) is 12.3 Å². The van der Waals surface area contributed by atoms with Crippen LogP contribution in [0.15, 0.2) is 17.0 Å². The number of halogens is 2. The van der Waals surface area contributed by atoms with Crippen LogP contribution in [0.1, 0.15) is 59.3 Å². The average Bonchev–Trinajstić information content (AvgIpc) is 2.58. The predicted molar refractivity (Wildman–Crippen MR) is 100 cm³/mol. The molecule has 1 rings (SSSR count). The van der Waals surface area contributed by atoms with Crippen molar-refractivity contribution in [1.29, 1.82) is 0 Å². The number of carbonyl (C=O) groups excluding carboxylic acids is 2. The highest BCUT2D eigenvalue weighted by molar-refractivity contribution is 8.00. The molecule has 0 radical (unpaired) electrons. The summed E-state index contributed by atoms with van der Waals surface area (Å²) in [6.07, 6.45) is 3.80. The lowest BCUT2D eigenvalue weighted by atomic mass is 10.2. The van der Waals surface area contributed by atoms with Crippen molar-refractivity contribution in [3.05, 3.63) is 23.8 Å². The first-order valence-electron chi connectivity index (χ1n) is 9.05. The molecule has 0 bridgehead atoms. The summed E-state index contributed by atoms with van der Waals surface area (Å²) in [5, 5.41) is 1.87. The lowest BCUT2D eigenvalue weighted by Crippen LogP contribution is -2.21. The van der Waals surface area contributed by atoms with Crippen LogP contribution in [0.4, 0.5) is 14.5 Å². The first-order chi connectivity index (χ1) is 12.4. The number of carbonyl (C=O) groups is 2. The molecule has 0 aliphatic carbocycles. The molecule has 0 fully saturated rings. The lowest BCUT2D eigenvalue weighted by molar-refractivity contribution is -0.143. The first-order valence-corrected chi connectivity index (χ1v) is 9.92. The third-order valence-electron chi connectivity index (χ3n) is 3.60. The van der Waals surface area contributed by atoms with Gasteiger partial charge in [-0.05, 0) is 25.3 Å². The van der Waals surface area contributed by atoms with Crippen LogP contribution in [0.3, 0.4) is 0 Å². The Morgan fingerprint density at radius 3 is 2.46 bits per heavy atom. The summed E-state index contributed by atoms with van der Waals surface area (Å²) in [5.74, 6) is -2.33. The summed E-state index contributed by atoms with van der Waals surface area (Å²) in [6.45, 7) is 6.08. The zero-order chi connectivity index (χ0) is 19.5. The fourth-order valence-corrected chi connectivity index (χ4v) is 3.39. The van der Waals surface area contributed by atoms with E-state index in [2.05, 4.69) is 5.32 Å². The van der Waals surface area contributed by atoms with Gasteiger partial charge in [0.25, 0.3) is 0 Å². The number of hydrogen-bond donors (Lipinski definition) is 1. The SMILES string of the molecule is CCCCOC(=O)C(CCC)Sc1cc(NC(=O)CCC)c(F)cc1F. The van der Waals surface area contributed by atoms with Crippen molar-refractivity contribution in [1.82, 2.24) is 0 Å². The molecular formula is C19H27F2NO3S. The van der Waals surface area contributed by atoms with Crippen LogP contribution in [0.5, 0.6) is 0 Å². The molecule has 0 saturated carbocycles. The van der Waals surface area contributed by atoms with Gasteiger partial charge in [0.15, 0.2) is 0 Å². The number of esters is 1. The van der Waals surface area contributed by atoms with E-state index in [9.17, 15) is 18.4 Å². The van der Waals surface area contributed by atoms with E-state index in [-0.39, 0.29) is 22.9 Å². The number of anilines is 1. The van der Waals surface area contributed by atoms with E-state index in [4.69, 9.17) is 4.74 Å². The van der Waals surface area contributed by atoms with Crippen molar-refractivity contribution in [3.8, 4) is 0 Å². The molecule has 0 aromatic heterocycles. The molecule has 0 aliphatic rings. The minimum Gasteiger partial charge on any atom is -0.465 e. The van der Waals surface area contributed by atoms with E-state index in [0.29, 0.717) is 19.4 Å². The highest BCUT2D eigenvalue weighted by Crippen LogP contribution is 2.33. The molecule has 0 saturated heterocycles. The Balaban J connectivity index is 2.92. The van der Waals surface area contributed by atoms with Crippen molar-refractivity contribution in [2.45, 2.75) is 69.4 Å². The van der Waals surface area contributed by atoms with Crippen LogP contribution in [0, 0.1) is 11.6 Å². The van der Waals surface area contributed by atoms with Crippen LogP contribution < -0.4 is 5.32 Å². The van der Waals surface area contributed by atoms with Gasteiger partial charge in [-0.1, -0.05) is 33.6 Å². The Morgan fingerprint density at radius 1 is 1.12 bits per heavy atom. The highest BCUT2D eigenvalue weighted by atomic mass is 32.2. The molecule has 1 N–H and O–H groups in total. The number of hydrogen-bond acceptors (Lipinski definition) is 4. The van der Waals surface area contributed by atoms with E-state index in [1.807, 2.05) is 20.8 Å². The molecule has 1 unspecified atom stereocenters. The summed E-state index contributed by atoms with van der Waals surface area (Å²) in [5.41, 5.74) is -0.0815. The molecule has 1 aromatic carbocycles. The predicted octanol–water partition coefficient (Wildman–Crippen LogP) is 5.31. The quantitative estimate of drug-likeness (QED) is 0.318. The van der Waals surface area contributed by atoms with Crippen LogP contribution in [0.2, 0.25) is 0 Å². The second-order valence-corrected chi connectivity index (χ2v) is 7.22. The van der Waals surface area contributed by atoms with Crippen molar-refractivity contribution in [2.75, 3.05) is 11.9 Å². The fraction of sp³-hybridized carbons (Fsp3) is 0.579. The highest BCUT2D eigenvalue weighted by Gasteiger charge is 2.23. The minimum absolute atomic E-state index is 0.0815. The molecule has 1 atom stereocenters. The van der Waals surface area contributed by atoms with Gasteiger partial charge >= 0.3 is 5.97 Å². The zero-order valence-corrected chi connectivity index (χ0v) is 16.4. The Labute approximate surface area is 158 Å². The number of unbranched alkanes of at least 4 members (excludes halogenated alkanes) is 1. The fourth-order valence-electron chi connectivity index (χ4n) is 2.21. The molecule has 1 amide bonds. The third-order valence-corrected chi connectivity index (χ3v) is 4.88. The van der Waals surface area contributed by atoms with Crippen molar-refractivity contribution >= 4 is 29.3 Å². The van der Waals surface area contributed by atoms with E-state index in [1.54, 1.807) is 0 Å². The van der Waals surface area contributed by atoms with Crippen molar-refractivity contribution in [2.24, 2.45) is 0 Å². The second-order valence-electron chi connectivity index (χ2n) is 5.98. The molecule has 26 heavy (non-hydrogen) atoms. The van der Waals surface area contributed by atoms with Crippen LogP contribution in [0.25, 0.3) is 0 Å². The summed E-state index contributed by atoms with van der Waals surface area (Å²) < 4.78 is 33.3. The van der Waals surface area contributed by atoms with E-state index >= 15 is 0 Å². The smallest absolute Gasteiger partial charge is 0.319 e. The molecule has 146 valence electrons. The maximum Gasteiger partial charge on any atom is 0.319 e. The zero-order valence-electron chi connectivity index (χ0n) is 15.6. The van der Waals surface area contributed by atoms with Gasteiger partial charge in [-0.2, -0.15) is 0 Å². The van der Waals surface area contributed by atoms with Crippen molar-refractivity contribution < 1.29 is 23.1 Å². The van der Waals surface area contributed by atoms with Gasteiger partial charge in [-0.15, -0.1) is 11.8 Å².